The summed E-state index contributed by atoms with van der Waals surface area (Å²) in [5, 5.41) is 7.65. The summed E-state index contributed by atoms with van der Waals surface area (Å²) in [5.41, 5.74) is 1.24. The van der Waals surface area contributed by atoms with Gasteiger partial charge in [-0.05, 0) is 31.2 Å². The molecule has 1 aromatic heterocycles. The molecule has 0 aromatic carbocycles. The first-order valence-corrected chi connectivity index (χ1v) is 8.76. The van der Waals surface area contributed by atoms with Crippen molar-refractivity contribution in [2.45, 2.75) is 31.8 Å². The van der Waals surface area contributed by atoms with Crippen molar-refractivity contribution in [3.05, 3.63) is 18.0 Å². The van der Waals surface area contributed by atoms with E-state index in [1.165, 1.54) is 5.56 Å². The Morgan fingerprint density at radius 3 is 2.79 bits per heavy atom. The first-order chi connectivity index (χ1) is 11.7. The molecule has 136 valence electrons. The third-order valence-electron chi connectivity index (χ3n) is 4.25. The summed E-state index contributed by atoms with van der Waals surface area (Å²) in [6, 6.07) is 0. The Balaban J connectivity index is 1.65. The molecule has 1 fully saturated rings. The van der Waals surface area contributed by atoms with Gasteiger partial charge >= 0.3 is 0 Å². The van der Waals surface area contributed by atoms with Crippen LogP contribution in [0, 0.1) is 0 Å². The maximum absolute atomic E-state index is 5.91. The molecule has 1 saturated heterocycles. The number of hydrogen-bond donors (Lipinski definition) is 1. The molecule has 1 aromatic rings. The Bertz CT molecular complexity index is 495. The summed E-state index contributed by atoms with van der Waals surface area (Å²) in [6.07, 6.45) is 8.35. The number of aliphatic imine (C=N–C) groups is 1. The van der Waals surface area contributed by atoms with Crippen LogP contribution in [0.2, 0.25) is 0 Å². The minimum absolute atomic E-state index is 0.367. The summed E-state index contributed by atoms with van der Waals surface area (Å²) < 4.78 is 12.8. The molecule has 0 spiro atoms. The van der Waals surface area contributed by atoms with Crippen LogP contribution >= 0.6 is 0 Å². The Labute approximate surface area is 145 Å². The summed E-state index contributed by atoms with van der Waals surface area (Å²) >= 11 is 0. The highest BCUT2D eigenvalue weighted by atomic mass is 16.5. The number of methoxy groups -OCH3 is 1. The van der Waals surface area contributed by atoms with Crippen LogP contribution in [-0.2, 0) is 22.9 Å². The Kier molecular flexibility index (Phi) is 8.04. The topological polar surface area (TPSA) is 63.9 Å². The molecule has 2 heterocycles. The first-order valence-electron chi connectivity index (χ1n) is 8.76. The molecule has 7 nitrogen and oxygen atoms in total. The molecule has 0 amide bonds. The van der Waals surface area contributed by atoms with E-state index in [1.54, 1.807) is 7.11 Å². The number of ether oxygens (including phenoxy) is 2. The van der Waals surface area contributed by atoms with Crippen molar-refractivity contribution in [3.63, 3.8) is 0 Å². The normalized spacial score (nSPS) is 16.6. The van der Waals surface area contributed by atoms with Crippen LogP contribution in [0.4, 0.5) is 0 Å². The maximum Gasteiger partial charge on any atom is 0.193 e. The minimum atomic E-state index is 0.367. The van der Waals surface area contributed by atoms with Crippen LogP contribution in [0.1, 0.15) is 24.8 Å². The molecule has 7 heteroatoms. The molecule has 1 aliphatic heterocycles. The predicted molar refractivity (Wildman–Crippen MR) is 95.3 cm³/mol. The highest BCUT2D eigenvalue weighted by Gasteiger charge is 2.21. The number of nitrogens with one attached hydrogen (secondary N) is 1. The van der Waals surface area contributed by atoms with Gasteiger partial charge in [0.2, 0.25) is 0 Å². The van der Waals surface area contributed by atoms with Crippen LogP contribution in [0.5, 0.6) is 0 Å². The van der Waals surface area contributed by atoms with Crippen molar-refractivity contribution < 1.29 is 9.47 Å². The highest BCUT2D eigenvalue weighted by molar-refractivity contribution is 5.79. The van der Waals surface area contributed by atoms with E-state index in [0.29, 0.717) is 6.10 Å². The van der Waals surface area contributed by atoms with Gasteiger partial charge in [0.05, 0.1) is 12.3 Å². The fourth-order valence-electron chi connectivity index (χ4n) is 2.94. The monoisotopic (exact) mass is 337 g/mol. The Morgan fingerprint density at radius 2 is 2.17 bits per heavy atom. The molecule has 0 unspecified atom stereocenters. The lowest BCUT2D eigenvalue weighted by Crippen LogP contribution is -2.47. The number of aromatic nitrogens is 2. The van der Waals surface area contributed by atoms with Crippen LogP contribution in [0.25, 0.3) is 0 Å². The Morgan fingerprint density at radius 1 is 1.38 bits per heavy atom. The largest absolute Gasteiger partial charge is 0.385 e. The molecule has 0 aliphatic carbocycles. The van der Waals surface area contributed by atoms with Crippen molar-refractivity contribution in [3.8, 4) is 0 Å². The van der Waals surface area contributed by atoms with E-state index in [4.69, 9.17) is 9.47 Å². The number of hydrogen-bond acceptors (Lipinski definition) is 4. The number of guanidine groups is 1. The van der Waals surface area contributed by atoms with E-state index in [0.717, 1.165) is 64.5 Å². The number of nitrogens with zero attached hydrogens (tertiary/aromatic N) is 4. The van der Waals surface area contributed by atoms with Gasteiger partial charge in [0.25, 0.3) is 0 Å². The minimum Gasteiger partial charge on any atom is -0.385 e. The summed E-state index contributed by atoms with van der Waals surface area (Å²) in [6.45, 7) is 4.40. The summed E-state index contributed by atoms with van der Waals surface area (Å²) in [4.78, 5) is 6.73. The van der Waals surface area contributed by atoms with Gasteiger partial charge < -0.3 is 19.7 Å². The van der Waals surface area contributed by atoms with Gasteiger partial charge in [-0.25, -0.2) is 0 Å². The quantitative estimate of drug-likeness (QED) is 0.436. The van der Waals surface area contributed by atoms with E-state index in [2.05, 4.69) is 26.5 Å². The first kappa shape index (κ1) is 18.7. The number of likely N-dealkylation sites (tertiary alicyclic amines) is 1. The van der Waals surface area contributed by atoms with Crippen LogP contribution in [0.3, 0.4) is 0 Å². The second-order valence-electron chi connectivity index (χ2n) is 6.15. The van der Waals surface area contributed by atoms with Crippen LogP contribution in [-0.4, -0.2) is 73.7 Å². The average Bonchev–Trinajstić information content (AvgIpc) is 3.02. The second-order valence-corrected chi connectivity index (χ2v) is 6.15. The zero-order valence-corrected chi connectivity index (χ0v) is 15.2. The molecular formula is C17H31N5O2. The highest BCUT2D eigenvalue weighted by Crippen LogP contribution is 2.14. The van der Waals surface area contributed by atoms with Gasteiger partial charge in [-0.15, -0.1) is 0 Å². The average molecular weight is 337 g/mol. The fourth-order valence-corrected chi connectivity index (χ4v) is 2.94. The third-order valence-corrected chi connectivity index (χ3v) is 4.25. The number of aryl methyl sites for hydroxylation is 1. The van der Waals surface area contributed by atoms with Crippen molar-refractivity contribution in [1.82, 2.24) is 20.0 Å². The van der Waals surface area contributed by atoms with Crippen molar-refractivity contribution in [2.75, 3.05) is 47.0 Å². The maximum atomic E-state index is 5.91. The fraction of sp³-hybridized carbons (Fsp3) is 0.765. The van der Waals surface area contributed by atoms with E-state index >= 15 is 0 Å². The van der Waals surface area contributed by atoms with Gasteiger partial charge in [0.1, 0.15) is 0 Å². The standard InChI is InChI=1S/C17H31N5O2/c1-18-17(19-8-5-15-13-20-21(2)14-15)22-9-6-16(7-10-22)24-12-4-11-23-3/h13-14,16H,4-12H2,1-3H3,(H,18,19). The number of piperidine rings is 1. The Hall–Kier alpha value is -1.60. The molecule has 24 heavy (non-hydrogen) atoms. The van der Waals surface area contributed by atoms with Crippen LogP contribution < -0.4 is 5.32 Å². The van der Waals surface area contributed by atoms with Gasteiger partial charge in [-0.2, -0.15) is 5.10 Å². The zero-order valence-electron chi connectivity index (χ0n) is 15.2. The smallest absolute Gasteiger partial charge is 0.193 e. The lowest BCUT2D eigenvalue weighted by Gasteiger charge is -2.34. The molecule has 2 rings (SSSR count). The molecule has 0 saturated carbocycles. The third kappa shape index (κ3) is 6.13. The molecule has 1 N–H and O–H groups in total. The second kappa shape index (κ2) is 10.3. The number of rotatable bonds is 8. The molecule has 0 atom stereocenters. The van der Waals surface area contributed by atoms with Crippen molar-refractivity contribution in [2.24, 2.45) is 12.0 Å². The van der Waals surface area contributed by atoms with Gasteiger partial charge in [0, 0.05) is 60.3 Å². The van der Waals surface area contributed by atoms with Crippen LogP contribution in [0.15, 0.2) is 17.4 Å². The predicted octanol–water partition coefficient (Wildman–Crippen LogP) is 1.06. The van der Waals surface area contributed by atoms with Crippen molar-refractivity contribution in [1.29, 1.82) is 0 Å². The lowest BCUT2D eigenvalue weighted by molar-refractivity contribution is 0.00992. The van der Waals surface area contributed by atoms with E-state index in [1.807, 2.05) is 25.0 Å². The van der Waals surface area contributed by atoms with Crippen molar-refractivity contribution >= 4 is 5.96 Å². The molecule has 0 bridgehead atoms. The molecule has 1 aliphatic rings. The zero-order chi connectivity index (χ0) is 17.2. The lowest BCUT2D eigenvalue weighted by atomic mass is 10.1. The summed E-state index contributed by atoms with van der Waals surface area (Å²) in [7, 11) is 5.52. The van der Waals surface area contributed by atoms with Gasteiger partial charge in [-0.3, -0.25) is 9.67 Å². The summed E-state index contributed by atoms with van der Waals surface area (Å²) in [5.74, 6) is 0.983. The van der Waals surface area contributed by atoms with E-state index in [-0.39, 0.29) is 0 Å². The van der Waals surface area contributed by atoms with Gasteiger partial charge in [0.15, 0.2) is 5.96 Å². The van der Waals surface area contributed by atoms with Gasteiger partial charge in [-0.1, -0.05) is 0 Å². The molecule has 0 radical (unpaired) electrons. The van der Waals surface area contributed by atoms with E-state index < -0.39 is 0 Å². The SMILES string of the molecule is CN=C(NCCc1cnn(C)c1)N1CCC(OCCCOC)CC1. The molecular weight excluding hydrogens is 306 g/mol. The van der Waals surface area contributed by atoms with E-state index in [9.17, 15) is 0 Å².